The molecule has 0 aromatic carbocycles. The van der Waals surface area contributed by atoms with E-state index >= 15 is 0 Å². The van der Waals surface area contributed by atoms with Crippen LogP contribution in [0.2, 0.25) is 0 Å². The highest BCUT2D eigenvalue weighted by atomic mass is 16.4. The molecule has 1 saturated heterocycles. The van der Waals surface area contributed by atoms with Gasteiger partial charge >= 0.3 is 5.97 Å². The lowest BCUT2D eigenvalue weighted by Gasteiger charge is -2.57. The van der Waals surface area contributed by atoms with E-state index in [1.165, 1.54) is 51.5 Å². The van der Waals surface area contributed by atoms with Crippen LogP contribution < -0.4 is 0 Å². The van der Waals surface area contributed by atoms with Crippen LogP contribution >= 0.6 is 0 Å². The van der Waals surface area contributed by atoms with E-state index in [1.807, 2.05) is 0 Å². The van der Waals surface area contributed by atoms with Crippen LogP contribution in [0, 0.1) is 29.1 Å². The lowest BCUT2D eigenvalue weighted by atomic mass is 9.49. The molecule has 1 aliphatic heterocycles. The summed E-state index contributed by atoms with van der Waals surface area (Å²) in [4.78, 5) is 13.4. The maximum absolute atomic E-state index is 10.8. The van der Waals surface area contributed by atoms with Gasteiger partial charge in [0.1, 0.15) is 0 Å². The number of hydrogen-bond acceptors (Lipinski definition) is 2. The largest absolute Gasteiger partial charge is 0.481 e. The Morgan fingerprint density at radius 3 is 2.29 bits per heavy atom. The minimum atomic E-state index is -0.622. The van der Waals surface area contributed by atoms with Crippen LogP contribution in [0.5, 0.6) is 0 Å². The lowest BCUT2D eigenvalue weighted by molar-refractivity contribution is -0.138. The predicted molar refractivity (Wildman–Crippen MR) is 82.0 cm³/mol. The van der Waals surface area contributed by atoms with Gasteiger partial charge in [-0.3, -0.25) is 4.79 Å². The van der Waals surface area contributed by atoms with Gasteiger partial charge in [0.05, 0.1) is 0 Å². The predicted octanol–water partition coefficient (Wildman–Crippen LogP) is 3.39. The first-order chi connectivity index (χ1) is 10.1. The fourth-order valence-corrected chi connectivity index (χ4v) is 6.52. The first-order valence-corrected chi connectivity index (χ1v) is 9.04. The number of carboxylic acids is 1. The Labute approximate surface area is 128 Å². The average molecular weight is 291 g/mol. The number of nitrogens with zero attached hydrogens (tertiary/aromatic N) is 1. The third kappa shape index (κ3) is 2.86. The summed E-state index contributed by atoms with van der Waals surface area (Å²) in [5.74, 6) is 2.93. The summed E-state index contributed by atoms with van der Waals surface area (Å²) in [6.07, 6.45) is 12.0. The normalized spacial score (nSPS) is 45.3. The van der Waals surface area contributed by atoms with Crippen molar-refractivity contribution in [2.45, 2.75) is 57.8 Å². The minimum Gasteiger partial charge on any atom is -0.481 e. The van der Waals surface area contributed by atoms with Crippen molar-refractivity contribution >= 4 is 5.97 Å². The Morgan fingerprint density at radius 1 is 1.10 bits per heavy atom. The molecule has 5 fully saturated rings. The molecule has 3 nitrogen and oxygen atoms in total. The second-order valence-electron chi connectivity index (χ2n) is 8.72. The molecule has 1 unspecified atom stereocenters. The van der Waals surface area contributed by atoms with Crippen molar-refractivity contribution in [3.05, 3.63) is 0 Å². The molecule has 4 bridgehead atoms. The molecule has 118 valence electrons. The summed E-state index contributed by atoms with van der Waals surface area (Å²) in [5, 5.41) is 8.93. The van der Waals surface area contributed by atoms with E-state index < -0.39 is 5.97 Å². The molecule has 4 aliphatic carbocycles. The van der Waals surface area contributed by atoms with Crippen molar-refractivity contribution < 1.29 is 9.90 Å². The molecular weight excluding hydrogens is 262 g/mol. The van der Waals surface area contributed by atoms with Gasteiger partial charge in [-0.2, -0.15) is 0 Å². The summed E-state index contributed by atoms with van der Waals surface area (Å²) in [7, 11) is 0. The lowest BCUT2D eigenvalue weighted by Crippen LogP contribution is -2.47. The number of aliphatic carboxylic acids is 1. The monoisotopic (exact) mass is 291 g/mol. The van der Waals surface area contributed by atoms with Crippen molar-refractivity contribution in [1.82, 2.24) is 4.90 Å². The summed E-state index contributed by atoms with van der Waals surface area (Å²) in [6.45, 7) is 3.38. The zero-order valence-electron chi connectivity index (χ0n) is 13.1. The Kier molecular flexibility index (Phi) is 3.52. The summed E-state index contributed by atoms with van der Waals surface area (Å²) >= 11 is 0. The molecular formula is C18H29NO2. The average Bonchev–Trinajstić information content (AvgIpc) is 2.82. The van der Waals surface area contributed by atoms with Crippen LogP contribution in [0.15, 0.2) is 0 Å². The van der Waals surface area contributed by atoms with Crippen LogP contribution in [0.1, 0.15) is 57.8 Å². The van der Waals surface area contributed by atoms with Gasteiger partial charge in [0, 0.05) is 13.0 Å². The summed E-state index contributed by atoms with van der Waals surface area (Å²) < 4.78 is 0. The standard InChI is InChI=1S/C18H29NO2/c20-17(21)8-13-1-3-19(12-13)4-2-18-9-14-5-15(10-18)7-16(6-14)11-18/h13-16H,1-12H2,(H,20,21). The van der Waals surface area contributed by atoms with Crippen molar-refractivity contribution in [1.29, 1.82) is 0 Å². The van der Waals surface area contributed by atoms with Crippen molar-refractivity contribution in [3.8, 4) is 0 Å². The zero-order valence-corrected chi connectivity index (χ0v) is 13.1. The van der Waals surface area contributed by atoms with E-state index in [1.54, 1.807) is 0 Å². The Morgan fingerprint density at radius 2 is 1.71 bits per heavy atom. The molecule has 4 saturated carbocycles. The van der Waals surface area contributed by atoms with E-state index in [-0.39, 0.29) is 0 Å². The number of likely N-dealkylation sites (tertiary alicyclic amines) is 1. The molecule has 0 radical (unpaired) electrons. The topological polar surface area (TPSA) is 40.5 Å². The fraction of sp³-hybridized carbons (Fsp3) is 0.944. The van der Waals surface area contributed by atoms with Crippen LogP contribution in [-0.4, -0.2) is 35.6 Å². The number of carbonyl (C=O) groups is 1. The summed E-state index contributed by atoms with van der Waals surface area (Å²) in [5.41, 5.74) is 0.680. The Hall–Kier alpha value is -0.570. The van der Waals surface area contributed by atoms with Gasteiger partial charge in [-0.05, 0) is 93.5 Å². The highest BCUT2D eigenvalue weighted by Gasteiger charge is 2.50. The maximum Gasteiger partial charge on any atom is 0.303 e. The second kappa shape index (κ2) is 5.26. The van der Waals surface area contributed by atoms with Gasteiger partial charge in [0.15, 0.2) is 0 Å². The SMILES string of the molecule is O=C(O)CC1CCN(CCC23CC4CC(CC(C4)C2)C3)C1. The van der Waals surface area contributed by atoms with Crippen molar-refractivity contribution in [3.63, 3.8) is 0 Å². The van der Waals surface area contributed by atoms with Crippen LogP contribution in [0.3, 0.4) is 0 Å². The third-order valence-electron chi connectivity index (χ3n) is 6.96. The van der Waals surface area contributed by atoms with E-state index in [4.69, 9.17) is 5.11 Å². The molecule has 0 aromatic heterocycles. The maximum atomic E-state index is 10.8. The van der Waals surface area contributed by atoms with Crippen molar-refractivity contribution in [2.24, 2.45) is 29.1 Å². The first-order valence-electron chi connectivity index (χ1n) is 9.04. The quantitative estimate of drug-likeness (QED) is 0.844. The van der Waals surface area contributed by atoms with Gasteiger partial charge in [-0.15, -0.1) is 0 Å². The molecule has 5 rings (SSSR count). The van der Waals surface area contributed by atoms with Gasteiger partial charge in [0.25, 0.3) is 0 Å². The smallest absolute Gasteiger partial charge is 0.303 e. The highest BCUT2D eigenvalue weighted by molar-refractivity contribution is 5.67. The van der Waals surface area contributed by atoms with Crippen LogP contribution in [0.25, 0.3) is 0 Å². The number of rotatable bonds is 5. The molecule has 1 atom stereocenters. The molecule has 0 aromatic rings. The number of carboxylic acid groups (broad SMARTS) is 1. The molecule has 5 aliphatic rings. The van der Waals surface area contributed by atoms with E-state index in [9.17, 15) is 4.79 Å². The Balaban J connectivity index is 1.30. The molecule has 0 spiro atoms. The zero-order chi connectivity index (χ0) is 14.4. The van der Waals surface area contributed by atoms with Crippen LogP contribution in [0.4, 0.5) is 0 Å². The fourth-order valence-electron chi connectivity index (χ4n) is 6.52. The van der Waals surface area contributed by atoms with Crippen molar-refractivity contribution in [2.75, 3.05) is 19.6 Å². The number of hydrogen-bond donors (Lipinski definition) is 1. The van der Waals surface area contributed by atoms with Gasteiger partial charge in [-0.1, -0.05) is 0 Å². The first kappa shape index (κ1) is 14.0. The molecule has 1 heterocycles. The molecule has 0 amide bonds. The molecule has 1 N–H and O–H groups in total. The molecule has 21 heavy (non-hydrogen) atoms. The molecule has 3 heteroatoms. The van der Waals surface area contributed by atoms with E-state index in [0.717, 1.165) is 37.3 Å². The Bertz CT molecular complexity index is 384. The van der Waals surface area contributed by atoms with Gasteiger partial charge in [0.2, 0.25) is 0 Å². The van der Waals surface area contributed by atoms with Crippen LogP contribution in [-0.2, 0) is 4.79 Å². The van der Waals surface area contributed by atoms with Gasteiger partial charge < -0.3 is 10.0 Å². The third-order valence-corrected chi connectivity index (χ3v) is 6.96. The summed E-state index contributed by atoms with van der Waals surface area (Å²) in [6, 6.07) is 0. The van der Waals surface area contributed by atoms with E-state index in [2.05, 4.69) is 4.90 Å². The minimum absolute atomic E-state index is 0.369. The highest BCUT2D eigenvalue weighted by Crippen LogP contribution is 2.61. The van der Waals surface area contributed by atoms with Gasteiger partial charge in [-0.25, -0.2) is 0 Å². The van der Waals surface area contributed by atoms with E-state index in [0.29, 0.717) is 17.8 Å². The second-order valence-corrected chi connectivity index (χ2v) is 8.72.